The maximum absolute atomic E-state index is 12.5. The van der Waals surface area contributed by atoms with E-state index in [1.54, 1.807) is 0 Å². The van der Waals surface area contributed by atoms with Gasteiger partial charge in [0.2, 0.25) is 5.91 Å². The quantitative estimate of drug-likeness (QED) is 0.847. The maximum atomic E-state index is 12.5. The third-order valence-electron chi connectivity index (χ3n) is 3.66. The van der Waals surface area contributed by atoms with E-state index >= 15 is 0 Å². The van der Waals surface area contributed by atoms with E-state index in [9.17, 15) is 4.79 Å². The summed E-state index contributed by atoms with van der Waals surface area (Å²) in [5.74, 6) is 0.626. The Morgan fingerprint density at radius 2 is 2.05 bits per heavy atom. The summed E-state index contributed by atoms with van der Waals surface area (Å²) in [6.45, 7) is 11.8. The van der Waals surface area contributed by atoms with E-state index in [2.05, 4.69) is 24.0 Å². The van der Waals surface area contributed by atoms with Gasteiger partial charge in [0.25, 0.3) is 0 Å². The molecule has 0 bridgehead atoms. The molecule has 1 aliphatic rings. The third-order valence-corrected chi connectivity index (χ3v) is 3.66. The van der Waals surface area contributed by atoms with E-state index in [1.807, 2.05) is 25.7 Å². The van der Waals surface area contributed by atoms with Gasteiger partial charge >= 0.3 is 0 Å². The van der Waals surface area contributed by atoms with Crippen LogP contribution in [-0.2, 0) is 17.8 Å². The van der Waals surface area contributed by atoms with Crippen LogP contribution < -0.4 is 0 Å². The second-order valence-corrected chi connectivity index (χ2v) is 6.80. The SMILES string of the molecule is CC(C)c1n[nH]c2c1CN(C(=O)C(C)(C)C)CCC2. The van der Waals surface area contributed by atoms with Gasteiger partial charge in [-0.1, -0.05) is 34.6 Å². The smallest absolute Gasteiger partial charge is 0.228 e. The minimum atomic E-state index is -0.313. The van der Waals surface area contributed by atoms with Crippen LogP contribution in [0.25, 0.3) is 0 Å². The summed E-state index contributed by atoms with van der Waals surface area (Å²) in [5.41, 5.74) is 3.26. The first-order valence-corrected chi connectivity index (χ1v) is 7.16. The van der Waals surface area contributed by atoms with Crippen LogP contribution >= 0.6 is 0 Å². The summed E-state index contributed by atoms with van der Waals surface area (Å²) in [4.78, 5) is 14.5. The molecule has 1 aliphatic heterocycles. The van der Waals surface area contributed by atoms with Gasteiger partial charge in [-0.15, -0.1) is 0 Å². The van der Waals surface area contributed by atoms with Gasteiger partial charge in [0.05, 0.1) is 5.69 Å². The molecule has 0 fully saturated rings. The third kappa shape index (κ3) is 2.82. The fourth-order valence-electron chi connectivity index (χ4n) is 2.64. The Hall–Kier alpha value is -1.32. The molecule has 0 saturated carbocycles. The van der Waals surface area contributed by atoms with Crippen LogP contribution in [0.2, 0.25) is 0 Å². The lowest BCUT2D eigenvalue weighted by Gasteiger charge is -2.28. The largest absolute Gasteiger partial charge is 0.338 e. The number of amides is 1. The van der Waals surface area contributed by atoms with Crippen molar-refractivity contribution in [1.82, 2.24) is 15.1 Å². The zero-order valence-corrected chi connectivity index (χ0v) is 12.7. The number of hydrogen-bond donors (Lipinski definition) is 1. The fraction of sp³-hybridized carbons (Fsp3) is 0.733. The van der Waals surface area contributed by atoms with Crippen LogP contribution in [0.5, 0.6) is 0 Å². The Morgan fingerprint density at radius 3 is 2.63 bits per heavy atom. The molecule has 0 spiro atoms. The maximum Gasteiger partial charge on any atom is 0.228 e. The molecule has 0 unspecified atom stereocenters. The van der Waals surface area contributed by atoms with Crippen molar-refractivity contribution in [2.75, 3.05) is 6.54 Å². The zero-order chi connectivity index (χ0) is 14.2. The van der Waals surface area contributed by atoms with Gasteiger partial charge in [0.15, 0.2) is 0 Å². The van der Waals surface area contributed by atoms with Gasteiger partial charge in [0, 0.05) is 29.8 Å². The van der Waals surface area contributed by atoms with Gasteiger partial charge in [-0.2, -0.15) is 5.10 Å². The lowest BCUT2D eigenvalue weighted by Crippen LogP contribution is -2.39. The molecule has 0 aromatic carbocycles. The molecule has 0 radical (unpaired) electrons. The van der Waals surface area contributed by atoms with E-state index in [1.165, 1.54) is 11.3 Å². The Kier molecular flexibility index (Phi) is 3.70. The van der Waals surface area contributed by atoms with E-state index in [-0.39, 0.29) is 11.3 Å². The van der Waals surface area contributed by atoms with Crippen molar-refractivity contribution in [3.63, 3.8) is 0 Å². The van der Waals surface area contributed by atoms with E-state index in [0.29, 0.717) is 12.5 Å². The van der Waals surface area contributed by atoms with Crippen molar-refractivity contribution >= 4 is 5.91 Å². The molecule has 2 rings (SSSR count). The molecular formula is C15H25N3O. The molecule has 0 aliphatic carbocycles. The highest BCUT2D eigenvalue weighted by molar-refractivity contribution is 5.81. The summed E-state index contributed by atoms with van der Waals surface area (Å²) in [5, 5.41) is 7.59. The second kappa shape index (κ2) is 4.99. The Balaban J connectivity index is 2.29. The minimum Gasteiger partial charge on any atom is -0.338 e. The Morgan fingerprint density at radius 1 is 1.37 bits per heavy atom. The summed E-state index contributed by atoms with van der Waals surface area (Å²) in [7, 11) is 0. The molecule has 0 atom stereocenters. The summed E-state index contributed by atoms with van der Waals surface area (Å²) < 4.78 is 0. The molecule has 106 valence electrons. The van der Waals surface area contributed by atoms with Crippen LogP contribution in [0.3, 0.4) is 0 Å². The van der Waals surface area contributed by atoms with Crippen LogP contribution in [0, 0.1) is 5.41 Å². The van der Waals surface area contributed by atoms with Crippen molar-refractivity contribution in [3.05, 3.63) is 17.0 Å². The van der Waals surface area contributed by atoms with Crippen molar-refractivity contribution in [1.29, 1.82) is 0 Å². The number of fused-ring (bicyclic) bond motifs is 1. The summed E-state index contributed by atoms with van der Waals surface area (Å²) in [6.07, 6.45) is 2.00. The van der Waals surface area contributed by atoms with Gasteiger partial charge in [-0.05, 0) is 18.8 Å². The highest BCUT2D eigenvalue weighted by atomic mass is 16.2. The van der Waals surface area contributed by atoms with Crippen molar-refractivity contribution in [2.45, 2.75) is 59.9 Å². The molecule has 0 saturated heterocycles. The molecule has 2 heterocycles. The van der Waals surface area contributed by atoms with E-state index < -0.39 is 0 Å². The standard InChI is InChI=1S/C15H25N3O/c1-10(2)13-11-9-18(14(19)15(3,4)5)8-6-7-12(11)16-17-13/h10H,6-9H2,1-5H3,(H,16,17). The highest BCUT2D eigenvalue weighted by Gasteiger charge is 2.30. The number of carbonyl (C=O) groups is 1. The van der Waals surface area contributed by atoms with Crippen LogP contribution in [0.15, 0.2) is 0 Å². The molecule has 1 N–H and O–H groups in total. The highest BCUT2D eigenvalue weighted by Crippen LogP contribution is 2.27. The predicted molar refractivity (Wildman–Crippen MR) is 75.9 cm³/mol. The lowest BCUT2D eigenvalue weighted by atomic mass is 9.94. The molecular weight excluding hydrogens is 238 g/mol. The zero-order valence-electron chi connectivity index (χ0n) is 12.7. The predicted octanol–water partition coefficient (Wildman–Crippen LogP) is 2.85. The van der Waals surface area contributed by atoms with Gasteiger partial charge in [-0.3, -0.25) is 9.89 Å². The topological polar surface area (TPSA) is 49.0 Å². The lowest BCUT2D eigenvalue weighted by molar-refractivity contribution is -0.140. The summed E-state index contributed by atoms with van der Waals surface area (Å²) in [6, 6.07) is 0. The number of nitrogens with zero attached hydrogens (tertiary/aromatic N) is 2. The van der Waals surface area contributed by atoms with Crippen LogP contribution in [0.4, 0.5) is 0 Å². The first-order chi connectivity index (χ1) is 8.80. The monoisotopic (exact) mass is 263 g/mol. The number of hydrogen-bond acceptors (Lipinski definition) is 2. The molecule has 1 amide bonds. The van der Waals surface area contributed by atoms with E-state index in [0.717, 1.165) is 25.1 Å². The number of nitrogens with one attached hydrogen (secondary N) is 1. The van der Waals surface area contributed by atoms with Crippen LogP contribution in [-0.4, -0.2) is 27.5 Å². The fourth-order valence-corrected chi connectivity index (χ4v) is 2.64. The van der Waals surface area contributed by atoms with Crippen molar-refractivity contribution in [3.8, 4) is 0 Å². The number of aromatic nitrogens is 2. The number of carbonyl (C=O) groups excluding carboxylic acids is 1. The second-order valence-electron chi connectivity index (χ2n) is 6.80. The normalized spacial score (nSPS) is 16.4. The Labute approximate surface area is 115 Å². The molecule has 4 heteroatoms. The molecule has 4 nitrogen and oxygen atoms in total. The number of H-pyrrole nitrogens is 1. The van der Waals surface area contributed by atoms with E-state index in [4.69, 9.17) is 0 Å². The summed E-state index contributed by atoms with van der Waals surface area (Å²) >= 11 is 0. The van der Waals surface area contributed by atoms with Crippen LogP contribution in [0.1, 0.15) is 63.9 Å². The first kappa shape index (κ1) is 14.1. The van der Waals surface area contributed by atoms with Gasteiger partial charge < -0.3 is 4.90 Å². The average Bonchev–Trinajstić information content (AvgIpc) is 2.58. The van der Waals surface area contributed by atoms with Crippen molar-refractivity contribution < 1.29 is 4.79 Å². The van der Waals surface area contributed by atoms with Gasteiger partial charge in [-0.25, -0.2) is 0 Å². The van der Waals surface area contributed by atoms with Crippen molar-refractivity contribution in [2.24, 2.45) is 5.41 Å². The minimum absolute atomic E-state index is 0.233. The average molecular weight is 263 g/mol. The Bertz CT molecular complexity index is 468. The number of aryl methyl sites for hydroxylation is 1. The molecule has 1 aromatic heterocycles. The number of rotatable bonds is 1. The first-order valence-electron chi connectivity index (χ1n) is 7.16. The molecule has 19 heavy (non-hydrogen) atoms. The number of aromatic amines is 1. The van der Waals surface area contributed by atoms with Gasteiger partial charge in [0.1, 0.15) is 0 Å². The molecule has 1 aromatic rings.